The average Bonchev–Trinajstić information content (AvgIpc) is 2.78. The van der Waals surface area contributed by atoms with Crippen molar-refractivity contribution in [2.75, 3.05) is 31.7 Å². The van der Waals surface area contributed by atoms with Crippen LogP contribution in [0.5, 0.6) is 11.6 Å². The number of hydrazone groups is 1. The van der Waals surface area contributed by atoms with Gasteiger partial charge in [-0.15, -0.1) is 0 Å². The van der Waals surface area contributed by atoms with Gasteiger partial charge in [0.2, 0.25) is 5.88 Å². The molecule has 0 spiro atoms. The van der Waals surface area contributed by atoms with E-state index in [9.17, 15) is 15.2 Å². The lowest BCUT2D eigenvalue weighted by atomic mass is 10.1. The zero-order valence-corrected chi connectivity index (χ0v) is 20.1. The van der Waals surface area contributed by atoms with Crippen LogP contribution in [0.3, 0.4) is 0 Å². The summed E-state index contributed by atoms with van der Waals surface area (Å²) < 4.78 is 11.3. The predicted molar refractivity (Wildman–Crippen MR) is 125 cm³/mol. The molecule has 0 radical (unpaired) electrons. The smallest absolute Gasteiger partial charge is 0.278 e. The summed E-state index contributed by atoms with van der Waals surface area (Å²) in [6, 6.07) is 7.30. The second-order valence-electron chi connectivity index (χ2n) is 6.71. The number of ether oxygens (including phenoxy) is 2. The first-order valence-electron chi connectivity index (χ1n) is 9.96. The van der Waals surface area contributed by atoms with E-state index in [1.807, 2.05) is 26.0 Å². The third kappa shape index (κ3) is 6.18. The first kappa shape index (κ1) is 25.1. The summed E-state index contributed by atoms with van der Waals surface area (Å²) >= 11 is 3.40. The highest BCUT2D eigenvalue weighted by molar-refractivity contribution is 9.10. The lowest BCUT2D eigenvalue weighted by Crippen LogP contribution is -2.25. The van der Waals surface area contributed by atoms with Crippen LogP contribution in [0.25, 0.3) is 0 Å². The van der Waals surface area contributed by atoms with Gasteiger partial charge in [-0.1, -0.05) is 0 Å². The summed E-state index contributed by atoms with van der Waals surface area (Å²) in [7, 11) is 1.52. The van der Waals surface area contributed by atoms with E-state index >= 15 is 0 Å². The molecule has 32 heavy (non-hydrogen) atoms. The summed E-state index contributed by atoms with van der Waals surface area (Å²) in [6.07, 6.45) is 1.35. The van der Waals surface area contributed by atoms with Gasteiger partial charge in [0.25, 0.3) is 5.91 Å². The van der Waals surface area contributed by atoms with Gasteiger partial charge in [-0.05, 0) is 48.8 Å². The van der Waals surface area contributed by atoms with Crippen LogP contribution in [0.1, 0.15) is 36.2 Å². The summed E-state index contributed by atoms with van der Waals surface area (Å²) in [5.74, 6) is -0.438. The molecule has 170 valence electrons. The first-order chi connectivity index (χ1) is 15.4. The molecule has 1 amide bonds. The maximum absolute atomic E-state index is 12.1. The van der Waals surface area contributed by atoms with Crippen LogP contribution < -0.4 is 15.1 Å². The van der Waals surface area contributed by atoms with Gasteiger partial charge >= 0.3 is 0 Å². The Labute approximate surface area is 195 Å². The number of anilines is 1. The topological polar surface area (TPSA) is 120 Å². The van der Waals surface area contributed by atoms with Gasteiger partial charge in [-0.25, -0.2) is 10.4 Å². The quantitative estimate of drug-likeness (QED) is 0.377. The summed E-state index contributed by atoms with van der Waals surface area (Å²) in [4.78, 5) is 18.4. The molecule has 9 nitrogen and oxygen atoms in total. The number of aromatic nitrogens is 1. The van der Waals surface area contributed by atoms with Crippen molar-refractivity contribution in [3.8, 4) is 17.7 Å². The van der Waals surface area contributed by atoms with Crippen LogP contribution in [-0.2, 0) is 16.1 Å². The molecule has 0 aliphatic rings. The molecule has 0 aliphatic carbocycles. The molecule has 1 heterocycles. The minimum Gasteiger partial charge on any atom is -0.507 e. The van der Waals surface area contributed by atoms with E-state index in [1.54, 1.807) is 19.1 Å². The number of carbonyl (C=O) groups is 1. The van der Waals surface area contributed by atoms with E-state index < -0.39 is 5.91 Å². The first-order valence-corrected chi connectivity index (χ1v) is 10.8. The highest BCUT2D eigenvalue weighted by atomic mass is 79.9. The Morgan fingerprint density at radius 1 is 1.41 bits per heavy atom. The minimum atomic E-state index is -0.542. The van der Waals surface area contributed by atoms with E-state index in [0.717, 1.165) is 18.8 Å². The van der Waals surface area contributed by atoms with Gasteiger partial charge in [-0.3, -0.25) is 4.79 Å². The molecule has 0 unspecified atom stereocenters. The third-order valence-electron chi connectivity index (χ3n) is 4.64. The van der Waals surface area contributed by atoms with E-state index in [4.69, 9.17) is 9.47 Å². The average molecular weight is 504 g/mol. The Bertz CT molecular complexity index is 1030. The van der Waals surface area contributed by atoms with Crippen molar-refractivity contribution in [3.63, 3.8) is 0 Å². The van der Waals surface area contributed by atoms with Gasteiger partial charge in [0.1, 0.15) is 17.4 Å². The molecule has 1 aromatic heterocycles. The number of amides is 1. The van der Waals surface area contributed by atoms with Crippen molar-refractivity contribution >= 4 is 33.7 Å². The van der Waals surface area contributed by atoms with Gasteiger partial charge in [0.15, 0.2) is 6.61 Å². The van der Waals surface area contributed by atoms with E-state index in [1.165, 1.54) is 13.3 Å². The number of nitrogens with zero attached hydrogens (tertiary/aromatic N) is 4. The molecule has 0 fully saturated rings. The van der Waals surface area contributed by atoms with Crippen molar-refractivity contribution in [3.05, 3.63) is 45.1 Å². The van der Waals surface area contributed by atoms with Crippen molar-refractivity contribution in [2.45, 2.75) is 27.4 Å². The normalized spacial score (nSPS) is 10.8. The zero-order chi connectivity index (χ0) is 23.7. The molecule has 2 rings (SSSR count). The summed E-state index contributed by atoms with van der Waals surface area (Å²) in [5.41, 5.74) is 5.09. The number of methoxy groups -OCH3 is 1. The Morgan fingerprint density at radius 2 is 2.12 bits per heavy atom. The molecule has 0 atom stereocenters. The lowest BCUT2D eigenvalue weighted by Gasteiger charge is -2.21. The number of aromatic hydroxyl groups is 1. The van der Waals surface area contributed by atoms with E-state index in [2.05, 4.69) is 36.3 Å². The highest BCUT2D eigenvalue weighted by Crippen LogP contribution is 2.30. The number of hydrogen-bond acceptors (Lipinski definition) is 8. The fourth-order valence-electron chi connectivity index (χ4n) is 2.98. The molecule has 10 heteroatoms. The monoisotopic (exact) mass is 503 g/mol. The summed E-state index contributed by atoms with van der Waals surface area (Å²) in [6.45, 7) is 7.28. The molecular weight excluding hydrogens is 478 g/mol. The maximum atomic E-state index is 12.1. The fraction of sp³-hybridized carbons (Fsp3) is 0.364. The largest absolute Gasteiger partial charge is 0.507 e. The van der Waals surface area contributed by atoms with Crippen molar-refractivity contribution in [1.82, 2.24) is 10.4 Å². The number of phenols is 1. The molecule has 1 aromatic carbocycles. The Morgan fingerprint density at radius 3 is 2.72 bits per heavy atom. The van der Waals surface area contributed by atoms with Gasteiger partial charge in [-0.2, -0.15) is 10.4 Å². The molecule has 0 saturated heterocycles. The van der Waals surface area contributed by atoms with Crippen LogP contribution in [0.4, 0.5) is 5.69 Å². The van der Waals surface area contributed by atoms with Crippen LogP contribution in [0.15, 0.2) is 27.8 Å². The maximum Gasteiger partial charge on any atom is 0.278 e. The molecule has 2 aromatic rings. The SMILES string of the molecule is CCN(CC)c1ccc(C=NNC(=O)COc2nc(C)c(Br)c(COC)c2C#N)c(O)c1. The van der Waals surface area contributed by atoms with Crippen LogP contribution in [-0.4, -0.2) is 49.0 Å². The number of benzene rings is 1. The van der Waals surface area contributed by atoms with E-state index in [-0.39, 0.29) is 30.4 Å². The standard InChI is InChI=1S/C22H26BrN5O4/c1-5-28(6-2)16-8-7-15(19(29)9-16)11-25-27-20(30)13-32-22-17(10-24)18(12-31-4)21(23)14(3)26-22/h7-9,11,29H,5-6,12-13H2,1-4H3,(H,27,30). The van der Waals surface area contributed by atoms with Gasteiger partial charge in [0.05, 0.1) is 18.5 Å². The van der Waals surface area contributed by atoms with Gasteiger partial charge in [0, 0.05) is 47.6 Å². The van der Waals surface area contributed by atoms with Crippen LogP contribution >= 0.6 is 15.9 Å². The predicted octanol–water partition coefficient (Wildman–Crippen LogP) is 3.25. The lowest BCUT2D eigenvalue weighted by molar-refractivity contribution is -0.123. The minimum absolute atomic E-state index is 0.0454. The molecule has 0 aliphatic heterocycles. The summed E-state index contributed by atoms with van der Waals surface area (Å²) in [5, 5.41) is 23.6. The number of rotatable bonds is 10. The number of carbonyl (C=O) groups excluding carboxylic acids is 1. The number of halogens is 1. The second-order valence-corrected chi connectivity index (χ2v) is 7.50. The van der Waals surface area contributed by atoms with Crippen LogP contribution in [0, 0.1) is 18.3 Å². The van der Waals surface area contributed by atoms with Crippen molar-refractivity contribution in [1.29, 1.82) is 5.26 Å². The van der Waals surface area contributed by atoms with Gasteiger partial charge < -0.3 is 19.5 Å². The van der Waals surface area contributed by atoms with Crippen LogP contribution in [0.2, 0.25) is 0 Å². The van der Waals surface area contributed by atoms with Crippen molar-refractivity contribution < 1.29 is 19.4 Å². The highest BCUT2D eigenvalue weighted by Gasteiger charge is 2.18. The molecular formula is C22H26BrN5O4. The molecule has 0 bridgehead atoms. The zero-order valence-electron chi connectivity index (χ0n) is 18.5. The Balaban J connectivity index is 2.03. The van der Waals surface area contributed by atoms with Crippen molar-refractivity contribution in [2.24, 2.45) is 5.10 Å². The molecule has 2 N–H and O–H groups in total. The van der Waals surface area contributed by atoms with E-state index in [0.29, 0.717) is 21.3 Å². The number of phenolic OH excluding ortho intramolecular Hbond substituents is 1. The number of hydrogen-bond donors (Lipinski definition) is 2. The Hall–Kier alpha value is -3.16. The second kappa shape index (κ2) is 12.0. The number of pyridine rings is 1. The fourth-order valence-corrected chi connectivity index (χ4v) is 3.38. The number of aryl methyl sites for hydroxylation is 1. The molecule has 0 saturated carbocycles. The Kier molecular flexibility index (Phi) is 9.43. The number of nitrogens with one attached hydrogen (secondary N) is 1. The third-order valence-corrected chi connectivity index (χ3v) is 5.70. The number of nitriles is 1.